The molecule has 1 atom stereocenters. The van der Waals surface area contributed by atoms with Gasteiger partial charge in [-0.05, 0) is 23.5 Å². The van der Waals surface area contributed by atoms with Crippen molar-refractivity contribution in [3.8, 4) is 0 Å². The van der Waals surface area contributed by atoms with E-state index in [-0.39, 0.29) is 5.41 Å². The highest BCUT2D eigenvalue weighted by molar-refractivity contribution is 5.62. The van der Waals surface area contributed by atoms with Gasteiger partial charge < -0.3 is 9.80 Å². The number of anilines is 1. The smallest absolute Gasteiger partial charge is 0.106 e. The van der Waals surface area contributed by atoms with Crippen LogP contribution in [0.1, 0.15) is 25.8 Å². The second-order valence-electron chi connectivity index (χ2n) is 5.46. The third-order valence-corrected chi connectivity index (χ3v) is 3.86. The molecule has 0 saturated carbocycles. The molecule has 0 bridgehead atoms. The Morgan fingerprint density at radius 2 is 1.94 bits per heavy atom. The van der Waals surface area contributed by atoms with Crippen molar-refractivity contribution in [2.75, 3.05) is 11.9 Å². The lowest BCUT2D eigenvalue weighted by atomic mass is 9.76. The Hall–Kier alpha value is -1.44. The number of hydrogen-bond donors (Lipinski definition) is 0. The Balaban J connectivity index is 2.15. The third-order valence-electron chi connectivity index (χ3n) is 3.86. The standard InChI is InChI=1S/C14H18N2/c1-14(2)10-13-15(3)8-9-16(13)12-7-5-4-6-11(12)14/h4-9,13H,10H2,1-3H3. The van der Waals surface area contributed by atoms with Crippen molar-refractivity contribution in [3.63, 3.8) is 0 Å². The van der Waals surface area contributed by atoms with Crippen LogP contribution in [0.3, 0.4) is 0 Å². The van der Waals surface area contributed by atoms with E-state index in [9.17, 15) is 0 Å². The Bertz CT molecular complexity index is 448. The lowest BCUT2D eigenvalue weighted by Crippen LogP contribution is -2.45. The van der Waals surface area contributed by atoms with Gasteiger partial charge in [-0.3, -0.25) is 0 Å². The van der Waals surface area contributed by atoms with E-state index in [1.54, 1.807) is 0 Å². The maximum atomic E-state index is 2.39. The van der Waals surface area contributed by atoms with Gasteiger partial charge in [-0.15, -0.1) is 0 Å². The highest BCUT2D eigenvalue weighted by Crippen LogP contribution is 2.44. The van der Waals surface area contributed by atoms with Crippen molar-refractivity contribution >= 4 is 5.69 Å². The summed E-state index contributed by atoms with van der Waals surface area (Å²) in [5, 5.41) is 0. The molecule has 3 rings (SSSR count). The zero-order valence-electron chi connectivity index (χ0n) is 10.1. The first-order chi connectivity index (χ1) is 7.59. The van der Waals surface area contributed by atoms with Gasteiger partial charge in [0, 0.05) is 25.1 Å². The number of rotatable bonds is 0. The van der Waals surface area contributed by atoms with Crippen molar-refractivity contribution in [1.82, 2.24) is 4.90 Å². The molecule has 0 spiro atoms. The van der Waals surface area contributed by atoms with Crippen LogP contribution in [0.5, 0.6) is 0 Å². The van der Waals surface area contributed by atoms with Crippen molar-refractivity contribution in [2.45, 2.75) is 31.8 Å². The van der Waals surface area contributed by atoms with E-state index < -0.39 is 0 Å². The van der Waals surface area contributed by atoms with Crippen molar-refractivity contribution < 1.29 is 0 Å². The normalized spacial score (nSPS) is 25.6. The highest BCUT2D eigenvalue weighted by Gasteiger charge is 2.39. The lowest BCUT2D eigenvalue weighted by molar-refractivity contribution is 0.270. The van der Waals surface area contributed by atoms with Crippen LogP contribution in [0, 0.1) is 0 Å². The zero-order valence-corrected chi connectivity index (χ0v) is 10.1. The van der Waals surface area contributed by atoms with Gasteiger partial charge in [0.25, 0.3) is 0 Å². The van der Waals surface area contributed by atoms with Crippen molar-refractivity contribution in [2.24, 2.45) is 0 Å². The van der Waals surface area contributed by atoms with Gasteiger partial charge in [-0.25, -0.2) is 0 Å². The molecule has 0 saturated heterocycles. The second kappa shape index (κ2) is 3.03. The number of nitrogens with zero attached hydrogens (tertiary/aromatic N) is 2. The Labute approximate surface area is 97.2 Å². The molecule has 0 radical (unpaired) electrons. The maximum absolute atomic E-state index is 2.39. The van der Waals surface area contributed by atoms with Gasteiger partial charge >= 0.3 is 0 Å². The molecule has 1 aromatic carbocycles. The van der Waals surface area contributed by atoms with Gasteiger partial charge in [0.05, 0.1) is 0 Å². The average molecular weight is 214 g/mol. The Morgan fingerprint density at radius 3 is 2.75 bits per heavy atom. The first kappa shape index (κ1) is 9.76. The number of fused-ring (bicyclic) bond motifs is 3. The minimum atomic E-state index is 0.262. The van der Waals surface area contributed by atoms with E-state index in [1.807, 2.05) is 0 Å². The summed E-state index contributed by atoms with van der Waals surface area (Å²) in [5.41, 5.74) is 3.09. The summed E-state index contributed by atoms with van der Waals surface area (Å²) in [6.07, 6.45) is 6.03. The first-order valence-corrected chi connectivity index (χ1v) is 5.88. The number of hydrogen-bond acceptors (Lipinski definition) is 2. The molecule has 1 aromatic rings. The number of benzene rings is 1. The van der Waals surface area contributed by atoms with Crippen LogP contribution in [0.2, 0.25) is 0 Å². The van der Waals surface area contributed by atoms with Gasteiger partial charge in [0.1, 0.15) is 6.17 Å². The Morgan fingerprint density at radius 1 is 1.19 bits per heavy atom. The second-order valence-corrected chi connectivity index (χ2v) is 5.46. The predicted octanol–water partition coefficient (Wildman–Crippen LogP) is 2.92. The molecule has 1 unspecified atom stereocenters. The molecule has 0 aromatic heterocycles. The summed E-state index contributed by atoms with van der Waals surface area (Å²) in [5.74, 6) is 0. The molecule has 2 heteroatoms. The summed E-state index contributed by atoms with van der Waals surface area (Å²) in [6.45, 7) is 4.69. The molecule has 0 aliphatic carbocycles. The molecule has 0 fully saturated rings. The van der Waals surface area contributed by atoms with E-state index in [0.29, 0.717) is 6.17 Å². The average Bonchev–Trinajstić information content (AvgIpc) is 2.60. The van der Waals surface area contributed by atoms with Gasteiger partial charge in [0.2, 0.25) is 0 Å². The quantitative estimate of drug-likeness (QED) is 0.655. The van der Waals surface area contributed by atoms with E-state index in [4.69, 9.17) is 0 Å². The summed E-state index contributed by atoms with van der Waals surface area (Å²) in [4.78, 5) is 4.69. The van der Waals surface area contributed by atoms with Crippen LogP contribution >= 0.6 is 0 Å². The molecule has 0 amide bonds. The van der Waals surface area contributed by atoms with Crippen LogP contribution in [0.4, 0.5) is 5.69 Å². The Kier molecular flexibility index (Phi) is 1.85. The van der Waals surface area contributed by atoms with Crippen molar-refractivity contribution in [1.29, 1.82) is 0 Å². The topological polar surface area (TPSA) is 6.48 Å². The minimum absolute atomic E-state index is 0.262. The van der Waals surface area contributed by atoms with E-state index >= 15 is 0 Å². The predicted molar refractivity (Wildman–Crippen MR) is 67.3 cm³/mol. The van der Waals surface area contributed by atoms with Crippen LogP contribution in [-0.2, 0) is 5.41 Å². The molecule has 2 heterocycles. The SMILES string of the molecule is CN1C=CN2c3ccccc3C(C)(C)CC12. The molecular weight excluding hydrogens is 196 g/mol. The van der Waals surface area contributed by atoms with Crippen LogP contribution in [0.15, 0.2) is 36.7 Å². The fourth-order valence-corrected chi connectivity index (χ4v) is 2.89. The fraction of sp³-hybridized carbons (Fsp3) is 0.429. The van der Waals surface area contributed by atoms with Crippen molar-refractivity contribution in [3.05, 3.63) is 42.2 Å². The number of para-hydroxylation sites is 1. The molecule has 0 N–H and O–H groups in total. The molecular formula is C14H18N2. The zero-order chi connectivity index (χ0) is 11.3. The van der Waals surface area contributed by atoms with Crippen LogP contribution in [-0.4, -0.2) is 18.1 Å². The largest absolute Gasteiger partial charge is 0.359 e. The molecule has 16 heavy (non-hydrogen) atoms. The monoisotopic (exact) mass is 214 g/mol. The summed E-state index contributed by atoms with van der Waals surface area (Å²) in [7, 11) is 2.16. The van der Waals surface area contributed by atoms with E-state index in [2.05, 4.69) is 67.4 Å². The van der Waals surface area contributed by atoms with Crippen LogP contribution < -0.4 is 4.90 Å². The minimum Gasteiger partial charge on any atom is -0.359 e. The third kappa shape index (κ3) is 1.19. The van der Waals surface area contributed by atoms with E-state index in [1.165, 1.54) is 17.7 Å². The first-order valence-electron chi connectivity index (χ1n) is 5.88. The van der Waals surface area contributed by atoms with Crippen LogP contribution in [0.25, 0.3) is 0 Å². The lowest BCUT2D eigenvalue weighted by Gasteiger charge is -2.44. The summed E-state index contributed by atoms with van der Waals surface area (Å²) < 4.78 is 0. The highest BCUT2D eigenvalue weighted by atomic mass is 15.4. The van der Waals surface area contributed by atoms with Gasteiger partial charge in [-0.1, -0.05) is 32.0 Å². The van der Waals surface area contributed by atoms with E-state index in [0.717, 1.165) is 0 Å². The summed E-state index contributed by atoms with van der Waals surface area (Å²) in [6, 6.07) is 8.76. The maximum Gasteiger partial charge on any atom is 0.106 e. The molecule has 2 aliphatic rings. The van der Waals surface area contributed by atoms with Gasteiger partial charge in [-0.2, -0.15) is 0 Å². The summed E-state index contributed by atoms with van der Waals surface area (Å²) >= 11 is 0. The molecule has 84 valence electrons. The fourth-order valence-electron chi connectivity index (χ4n) is 2.89. The van der Waals surface area contributed by atoms with Gasteiger partial charge in [0.15, 0.2) is 0 Å². The molecule has 2 aliphatic heterocycles. The molecule has 2 nitrogen and oxygen atoms in total.